The van der Waals surface area contributed by atoms with Crippen molar-refractivity contribution in [1.29, 1.82) is 0 Å². The number of phenolic OH excluding ortho intramolecular Hbond substituents is 1. The molecule has 0 spiro atoms. The highest BCUT2D eigenvalue weighted by molar-refractivity contribution is 5.97. The van der Waals surface area contributed by atoms with Crippen LogP contribution in [0.15, 0.2) is 24.3 Å². The van der Waals surface area contributed by atoms with Crippen molar-refractivity contribution in [3.63, 3.8) is 0 Å². The number of nitrogens with one attached hydrogen (secondary N) is 5. The first-order valence-corrected chi connectivity index (χ1v) is 13.9. The Hall–Kier alpha value is -4.77. The lowest BCUT2D eigenvalue weighted by atomic mass is 10.0. The number of carbonyl (C=O) groups excluding carboxylic acids is 7. The zero-order valence-corrected chi connectivity index (χ0v) is 24.8. The van der Waals surface area contributed by atoms with Gasteiger partial charge < -0.3 is 54.6 Å². The smallest absolute Gasteiger partial charge is 0.243 e. The number of unbranched alkanes of at least 4 members (excludes halogenated alkanes) is 1. The molecule has 14 N–H and O–H groups in total. The summed E-state index contributed by atoms with van der Waals surface area (Å²) in [4.78, 5) is 86.7. The first-order chi connectivity index (χ1) is 20.6. The Kier molecular flexibility index (Phi) is 15.8. The first-order valence-electron chi connectivity index (χ1n) is 13.9. The number of phenols is 1. The molecule has 0 heterocycles. The van der Waals surface area contributed by atoms with Crippen molar-refractivity contribution in [3.8, 4) is 5.75 Å². The molecule has 44 heavy (non-hydrogen) atoms. The molecule has 1 aromatic carbocycles. The predicted molar refractivity (Wildman–Crippen MR) is 158 cm³/mol. The lowest BCUT2D eigenvalue weighted by Gasteiger charge is -2.25. The topological polar surface area (TPSA) is 304 Å². The molecule has 0 unspecified atom stereocenters. The van der Waals surface area contributed by atoms with Crippen molar-refractivity contribution >= 4 is 41.4 Å². The maximum atomic E-state index is 13.2. The minimum Gasteiger partial charge on any atom is -0.508 e. The molecule has 0 saturated carbocycles. The zero-order chi connectivity index (χ0) is 33.4. The van der Waals surface area contributed by atoms with E-state index in [1.165, 1.54) is 38.1 Å². The van der Waals surface area contributed by atoms with Gasteiger partial charge in [-0.3, -0.25) is 33.6 Å². The SMILES string of the molecule is C[C@H](N)C(=O)NCC(=O)N[C@@H](C)C(=O)N[C@@H](CCCCN)C(=O)N[C@@H](CC(N)=O)C(=O)N[C@@H](Cc1ccc(O)cc1)C(N)=O. The van der Waals surface area contributed by atoms with E-state index in [4.69, 9.17) is 22.9 Å². The lowest BCUT2D eigenvalue weighted by molar-refractivity contribution is -0.135. The Bertz CT molecular complexity index is 1180. The van der Waals surface area contributed by atoms with Crippen LogP contribution in [0.25, 0.3) is 0 Å². The zero-order valence-electron chi connectivity index (χ0n) is 24.8. The molecule has 7 amide bonds. The number of rotatable bonds is 19. The number of aromatic hydroxyl groups is 1. The van der Waals surface area contributed by atoms with Gasteiger partial charge in [0, 0.05) is 6.42 Å². The van der Waals surface area contributed by atoms with Gasteiger partial charge in [-0.15, -0.1) is 0 Å². The van der Waals surface area contributed by atoms with Crippen LogP contribution in [0.3, 0.4) is 0 Å². The molecule has 0 radical (unpaired) electrons. The van der Waals surface area contributed by atoms with Crippen molar-refractivity contribution in [2.24, 2.45) is 22.9 Å². The summed E-state index contributed by atoms with van der Waals surface area (Å²) in [7, 11) is 0. The quantitative estimate of drug-likeness (QED) is 0.0665. The standard InChI is InChI=1S/C27H43N9O8/c1-14(29)24(41)32-13-22(39)33-15(2)25(42)34-18(5-3-4-10-28)26(43)36-20(12-21(30)38)27(44)35-19(23(31)40)11-16-6-8-17(37)9-7-16/h6-9,14-15,18-20,37H,3-5,10-13,28-29H2,1-2H3,(H2,30,38)(H2,31,40)(H,32,41)(H,33,39)(H,34,42)(H,35,44)(H,36,43)/t14-,15-,18-,19-,20-/m0/s1. The molecule has 0 aromatic heterocycles. The van der Waals surface area contributed by atoms with Crippen LogP contribution >= 0.6 is 0 Å². The van der Waals surface area contributed by atoms with Gasteiger partial charge in [-0.25, -0.2) is 0 Å². The Labute approximate surface area is 254 Å². The minimum atomic E-state index is -1.53. The normalized spacial score (nSPS) is 14.1. The average molecular weight is 622 g/mol. The van der Waals surface area contributed by atoms with Gasteiger partial charge in [-0.2, -0.15) is 0 Å². The molecule has 0 saturated heterocycles. The highest BCUT2D eigenvalue weighted by atomic mass is 16.3. The highest BCUT2D eigenvalue weighted by Gasteiger charge is 2.31. The maximum absolute atomic E-state index is 13.2. The molecule has 17 nitrogen and oxygen atoms in total. The van der Waals surface area contributed by atoms with Crippen LogP contribution < -0.4 is 49.5 Å². The second kappa shape index (κ2) is 18.7. The highest BCUT2D eigenvalue weighted by Crippen LogP contribution is 2.12. The van der Waals surface area contributed by atoms with E-state index >= 15 is 0 Å². The fourth-order valence-electron chi connectivity index (χ4n) is 3.79. The molecule has 244 valence electrons. The molecule has 17 heteroatoms. The summed E-state index contributed by atoms with van der Waals surface area (Å²) in [5.41, 5.74) is 22.3. The number of hydrogen-bond acceptors (Lipinski definition) is 10. The monoisotopic (exact) mass is 621 g/mol. The van der Waals surface area contributed by atoms with Gasteiger partial charge in [0.2, 0.25) is 41.4 Å². The predicted octanol–water partition coefficient (Wildman–Crippen LogP) is -4.15. The Morgan fingerprint density at radius 3 is 1.89 bits per heavy atom. The summed E-state index contributed by atoms with van der Waals surface area (Å²) < 4.78 is 0. The summed E-state index contributed by atoms with van der Waals surface area (Å²) in [6.07, 6.45) is 0.325. The molecule has 1 aromatic rings. The molecule has 0 aliphatic heterocycles. The second-order valence-corrected chi connectivity index (χ2v) is 10.2. The molecule has 0 aliphatic carbocycles. The molecule has 0 fully saturated rings. The molecule has 5 atom stereocenters. The van der Waals surface area contributed by atoms with Gasteiger partial charge in [0.15, 0.2) is 0 Å². The van der Waals surface area contributed by atoms with Crippen LogP contribution in [0.5, 0.6) is 5.75 Å². The van der Waals surface area contributed by atoms with Gasteiger partial charge in [-0.1, -0.05) is 12.1 Å². The summed E-state index contributed by atoms with van der Waals surface area (Å²) in [6.45, 7) is 2.67. The molecule has 0 aliphatic rings. The average Bonchev–Trinajstić information content (AvgIpc) is 2.95. The van der Waals surface area contributed by atoms with Gasteiger partial charge in [0.25, 0.3) is 0 Å². The van der Waals surface area contributed by atoms with Gasteiger partial charge >= 0.3 is 0 Å². The van der Waals surface area contributed by atoms with Crippen LogP contribution in [0, 0.1) is 0 Å². The first kappa shape index (κ1) is 37.3. The fraction of sp³-hybridized carbons (Fsp3) is 0.519. The van der Waals surface area contributed by atoms with Crippen LogP contribution in [0.4, 0.5) is 0 Å². The lowest BCUT2D eigenvalue weighted by Crippen LogP contribution is -2.58. The third kappa shape index (κ3) is 13.9. The maximum Gasteiger partial charge on any atom is 0.243 e. The number of benzene rings is 1. The molecular weight excluding hydrogens is 578 g/mol. The van der Waals surface area contributed by atoms with Gasteiger partial charge in [0.05, 0.1) is 19.0 Å². The van der Waals surface area contributed by atoms with Crippen molar-refractivity contribution in [3.05, 3.63) is 29.8 Å². The van der Waals surface area contributed by atoms with Crippen molar-refractivity contribution in [1.82, 2.24) is 26.6 Å². The number of carbonyl (C=O) groups is 7. The van der Waals surface area contributed by atoms with E-state index < -0.39 is 84.5 Å². The summed E-state index contributed by atoms with van der Waals surface area (Å²) in [5, 5.41) is 21.4. The summed E-state index contributed by atoms with van der Waals surface area (Å²) in [5.74, 6) is -5.59. The second-order valence-electron chi connectivity index (χ2n) is 10.2. The van der Waals surface area contributed by atoms with Crippen molar-refractivity contribution in [2.45, 2.75) is 76.2 Å². The Morgan fingerprint density at radius 2 is 1.34 bits per heavy atom. The van der Waals surface area contributed by atoms with E-state index in [1.54, 1.807) is 0 Å². The van der Waals surface area contributed by atoms with Crippen LogP contribution in [-0.4, -0.2) is 89.8 Å². The number of primary amides is 2. The Balaban J connectivity index is 2.98. The van der Waals surface area contributed by atoms with Crippen molar-refractivity contribution in [2.75, 3.05) is 13.1 Å². The number of nitrogens with two attached hydrogens (primary N) is 4. The number of hydrogen-bond donors (Lipinski definition) is 10. The van der Waals surface area contributed by atoms with E-state index in [-0.39, 0.29) is 18.6 Å². The minimum absolute atomic E-state index is 0.00630. The molecular formula is C27H43N9O8. The van der Waals surface area contributed by atoms with E-state index in [0.29, 0.717) is 24.9 Å². The van der Waals surface area contributed by atoms with Gasteiger partial charge in [0.1, 0.15) is 29.9 Å². The van der Waals surface area contributed by atoms with Crippen LogP contribution in [0.1, 0.15) is 45.1 Å². The summed E-state index contributed by atoms with van der Waals surface area (Å²) >= 11 is 0. The Morgan fingerprint density at radius 1 is 0.773 bits per heavy atom. The van der Waals surface area contributed by atoms with Gasteiger partial charge in [-0.05, 0) is 57.4 Å². The van der Waals surface area contributed by atoms with E-state index in [0.717, 1.165) is 0 Å². The number of amides is 7. The van der Waals surface area contributed by atoms with Crippen LogP contribution in [-0.2, 0) is 40.0 Å². The van der Waals surface area contributed by atoms with E-state index in [1.807, 2.05) is 0 Å². The fourth-order valence-corrected chi connectivity index (χ4v) is 3.79. The molecule has 0 bridgehead atoms. The third-order valence-electron chi connectivity index (χ3n) is 6.26. The molecule has 1 rings (SSSR count). The largest absolute Gasteiger partial charge is 0.508 e. The van der Waals surface area contributed by atoms with E-state index in [2.05, 4.69) is 26.6 Å². The van der Waals surface area contributed by atoms with Crippen molar-refractivity contribution < 1.29 is 38.7 Å². The summed E-state index contributed by atoms with van der Waals surface area (Å²) in [6, 6.07) is -0.114. The van der Waals surface area contributed by atoms with E-state index in [9.17, 15) is 38.7 Å². The van der Waals surface area contributed by atoms with Crippen LogP contribution in [0.2, 0.25) is 0 Å². The third-order valence-corrected chi connectivity index (χ3v) is 6.26.